The van der Waals surface area contributed by atoms with Crippen LogP contribution in [0, 0.1) is 10.8 Å². The van der Waals surface area contributed by atoms with Crippen molar-refractivity contribution in [2.75, 3.05) is 13.1 Å². The Kier molecular flexibility index (Phi) is 2.37. The molecule has 4 nitrogen and oxygen atoms in total. The van der Waals surface area contributed by atoms with Gasteiger partial charge in [0, 0.05) is 19.5 Å². The number of nitrogens with one attached hydrogen (secondary N) is 3. The van der Waals surface area contributed by atoms with E-state index in [9.17, 15) is 0 Å². The molecule has 2 rings (SSSR count). The fraction of sp³-hybridized carbons (Fsp3) is 0.500. The van der Waals surface area contributed by atoms with Crippen LogP contribution in [0.15, 0.2) is 17.5 Å². The summed E-state index contributed by atoms with van der Waals surface area (Å²) in [5.74, 6) is 3.79. The number of hydrogen-bond donors (Lipinski definition) is 3. The zero-order chi connectivity index (χ0) is 9.97. The summed E-state index contributed by atoms with van der Waals surface area (Å²) in [7, 11) is 0. The summed E-state index contributed by atoms with van der Waals surface area (Å²) < 4.78 is 0. The molecule has 0 aromatic heterocycles. The summed E-state index contributed by atoms with van der Waals surface area (Å²) in [4.78, 5) is 1.93. The van der Waals surface area contributed by atoms with Gasteiger partial charge in [-0.2, -0.15) is 0 Å². The van der Waals surface area contributed by atoms with Crippen LogP contribution in [-0.4, -0.2) is 29.7 Å². The van der Waals surface area contributed by atoms with Crippen molar-refractivity contribution in [2.45, 2.75) is 19.3 Å². The van der Waals surface area contributed by atoms with Gasteiger partial charge in [0.25, 0.3) is 0 Å². The molecule has 0 aliphatic carbocycles. The molecule has 2 heterocycles. The highest BCUT2D eigenvalue weighted by Gasteiger charge is 2.25. The molecule has 0 aromatic carbocycles. The van der Waals surface area contributed by atoms with E-state index in [4.69, 9.17) is 10.8 Å². The van der Waals surface area contributed by atoms with E-state index >= 15 is 0 Å². The number of amidine groups is 1. The monoisotopic (exact) mass is 190 g/mol. The quantitative estimate of drug-likeness (QED) is 0.541. The first-order chi connectivity index (χ1) is 6.83. The van der Waals surface area contributed by atoms with Crippen molar-refractivity contribution < 1.29 is 0 Å². The van der Waals surface area contributed by atoms with Gasteiger partial charge in [-0.05, 0) is 24.8 Å². The first-order valence-corrected chi connectivity index (χ1v) is 4.92. The molecule has 74 valence electrons. The van der Waals surface area contributed by atoms with Crippen molar-refractivity contribution in [1.82, 2.24) is 10.2 Å². The summed E-state index contributed by atoms with van der Waals surface area (Å²) >= 11 is 0. The van der Waals surface area contributed by atoms with Gasteiger partial charge in [0.15, 0.2) is 0 Å². The first kappa shape index (κ1) is 9.03. The van der Waals surface area contributed by atoms with Crippen LogP contribution in [0.5, 0.6) is 0 Å². The largest absolute Gasteiger partial charge is 0.372 e. The second-order valence-corrected chi connectivity index (χ2v) is 3.51. The second-order valence-electron chi connectivity index (χ2n) is 3.51. The first-order valence-electron chi connectivity index (χ1n) is 4.92. The van der Waals surface area contributed by atoms with Crippen LogP contribution in [0.1, 0.15) is 19.3 Å². The third-order valence-corrected chi connectivity index (χ3v) is 2.61. The highest BCUT2D eigenvalue weighted by molar-refractivity contribution is 6.05. The molecular formula is C10H14N4. The summed E-state index contributed by atoms with van der Waals surface area (Å²) in [5, 5.41) is 18.1. The Morgan fingerprint density at radius 1 is 1.50 bits per heavy atom. The molecule has 4 heteroatoms. The van der Waals surface area contributed by atoms with Gasteiger partial charge < -0.3 is 10.2 Å². The van der Waals surface area contributed by atoms with E-state index in [2.05, 4.69) is 17.3 Å². The molecule has 2 aliphatic rings. The van der Waals surface area contributed by atoms with Crippen LogP contribution >= 0.6 is 0 Å². The van der Waals surface area contributed by atoms with Gasteiger partial charge in [0.05, 0.1) is 5.57 Å². The minimum Gasteiger partial charge on any atom is -0.372 e. The Hall–Kier alpha value is -1.54. The summed E-state index contributed by atoms with van der Waals surface area (Å²) in [6, 6.07) is 0. The van der Waals surface area contributed by atoms with Gasteiger partial charge in [0.1, 0.15) is 11.7 Å². The summed E-state index contributed by atoms with van der Waals surface area (Å²) in [6.07, 6.45) is 5.14. The molecule has 3 N–H and O–H groups in total. The lowest BCUT2D eigenvalue weighted by atomic mass is 10.2. The smallest absolute Gasteiger partial charge is 0.139 e. The molecular weight excluding hydrogens is 176 g/mol. The molecule has 14 heavy (non-hydrogen) atoms. The van der Waals surface area contributed by atoms with Gasteiger partial charge >= 0.3 is 0 Å². The third-order valence-electron chi connectivity index (χ3n) is 2.61. The van der Waals surface area contributed by atoms with E-state index in [1.54, 1.807) is 0 Å². The molecule has 1 fully saturated rings. The van der Waals surface area contributed by atoms with Crippen LogP contribution < -0.4 is 5.32 Å². The average molecular weight is 190 g/mol. The lowest BCUT2D eigenvalue weighted by Crippen LogP contribution is -2.34. The Morgan fingerprint density at radius 3 is 2.93 bits per heavy atom. The maximum Gasteiger partial charge on any atom is 0.139 e. The topological polar surface area (TPSA) is 63.0 Å². The molecule has 0 spiro atoms. The van der Waals surface area contributed by atoms with Crippen LogP contribution in [0.2, 0.25) is 0 Å². The molecule has 0 saturated carbocycles. The molecule has 0 radical (unpaired) electrons. The minimum absolute atomic E-state index is 0.431. The molecule has 0 bridgehead atoms. The average Bonchev–Trinajstić information content (AvgIpc) is 2.61. The molecule has 0 atom stereocenters. The van der Waals surface area contributed by atoms with E-state index in [1.807, 2.05) is 4.90 Å². The number of hydrogen-bond acceptors (Lipinski definition) is 3. The van der Waals surface area contributed by atoms with E-state index < -0.39 is 0 Å². The van der Waals surface area contributed by atoms with E-state index in [0.717, 1.165) is 38.2 Å². The van der Waals surface area contributed by atoms with Crippen LogP contribution in [0.4, 0.5) is 0 Å². The number of allylic oxidation sites excluding steroid dienone is 1. The molecule has 1 saturated heterocycles. The van der Waals surface area contributed by atoms with E-state index in [1.165, 1.54) is 0 Å². The third kappa shape index (κ3) is 1.44. The van der Waals surface area contributed by atoms with Crippen molar-refractivity contribution in [3.05, 3.63) is 17.5 Å². The zero-order valence-electron chi connectivity index (χ0n) is 8.06. The Bertz CT molecular complexity index is 336. The predicted octanol–water partition coefficient (Wildman–Crippen LogP) is 1.07. The SMILES string of the molecule is N=C=C1CCN(C2=CCCCN2)C1=N. The van der Waals surface area contributed by atoms with Gasteiger partial charge in [-0.25, -0.2) is 0 Å². The fourth-order valence-electron chi connectivity index (χ4n) is 1.81. The number of likely N-dealkylation sites (tertiary alicyclic amines) is 1. The van der Waals surface area contributed by atoms with E-state index in [-0.39, 0.29) is 0 Å². The summed E-state index contributed by atoms with van der Waals surface area (Å²) in [5.41, 5.74) is 0.707. The van der Waals surface area contributed by atoms with Crippen molar-refractivity contribution in [3.63, 3.8) is 0 Å². The molecule has 2 aliphatic heterocycles. The van der Waals surface area contributed by atoms with Gasteiger partial charge in [-0.1, -0.05) is 0 Å². The van der Waals surface area contributed by atoms with Gasteiger partial charge in [0.2, 0.25) is 0 Å². The Morgan fingerprint density at radius 2 is 2.36 bits per heavy atom. The lowest BCUT2D eigenvalue weighted by molar-refractivity contribution is 0.475. The lowest BCUT2D eigenvalue weighted by Gasteiger charge is -2.25. The second kappa shape index (κ2) is 3.68. The molecule has 0 unspecified atom stereocenters. The maximum atomic E-state index is 7.82. The van der Waals surface area contributed by atoms with Gasteiger partial charge in [-0.3, -0.25) is 10.8 Å². The van der Waals surface area contributed by atoms with Crippen molar-refractivity contribution in [2.24, 2.45) is 0 Å². The summed E-state index contributed by atoms with van der Waals surface area (Å²) in [6.45, 7) is 1.79. The number of nitrogens with zero attached hydrogens (tertiary/aromatic N) is 1. The zero-order valence-corrected chi connectivity index (χ0v) is 8.06. The van der Waals surface area contributed by atoms with Gasteiger partial charge in [-0.15, -0.1) is 0 Å². The maximum absolute atomic E-state index is 7.82. The number of rotatable bonds is 1. The highest BCUT2D eigenvalue weighted by atomic mass is 15.3. The molecule has 0 aromatic rings. The van der Waals surface area contributed by atoms with Crippen molar-refractivity contribution >= 4 is 11.7 Å². The minimum atomic E-state index is 0.431. The molecule has 0 amide bonds. The normalized spacial score (nSPS) is 21.7. The van der Waals surface area contributed by atoms with Crippen molar-refractivity contribution in [3.8, 4) is 0 Å². The predicted molar refractivity (Wildman–Crippen MR) is 55.6 cm³/mol. The van der Waals surface area contributed by atoms with Crippen LogP contribution in [0.3, 0.4) is 0 Å². The fourth-order valence-corrected chi connectivity index (χ4v) is 1.81. The Labute approximate surface area is 83.3 Å². The highest BCUT2D eigenvalue weighted by Crippen LogP contribution is 2.20. The van der Waals surface area contributed by atoms with Crippen LogP contribution in [-0.2, 0) is 0 Å². The Balaban J connectivity index is 2.17. The standard InChI is InChI=1S/C10H14N4/c11-7-8-4-6-14(10(8)12)9-3-1-2-5-13-9/h3,11-13H,1-2,4-6H2. The van der Waals surface area contributed by atoms with Crippen LogP contribution in [0.25, 0.3) is 0 Å². The van der Waals surface area contributed by atoms with E-state index in [0.29, 0.717) is 11.4 Å². The van der Waals surface area contributed by atoms with Crippen molar-refractivity contribution in [1.29, 1.82) is 10.8 Å².